The monoisotopic (exact) mass is 253 g/mol. The maximum atomic E-state index is 5.80. The lowest BCUT2D eigenvalue weighted by Gasteiger charge is -2.44. The van der Waals surface area contributed by atoms with E-state index in [4.69, 9.17) is 9.73 Å². The molecule has 0 aromatic rings. The van der Waals surface area contributed by atoms with Gasteiger partial charge in [-0.05, 0) is 50.4 Å². The molecule has 2 saturated carbocycles. The quantitative estimate of drug-likeness (QED) is 0.710. The van der Waals surface area contributed by atoms with E-state index in [0.717, 1.165) is 22.8 Å². The number of hydrogen-bond acceptors (Lipinski definition) is 3. The Bertz CT molecular complexity index is 365. The van der Waals surface area contributed by atoms with Crippen LogP contribution in [0.25, 0.3) is 0 Å². The third-order valence-corrected chi connectivity index (χ3v) is 6.69. The summed E-state index contributed by atoms with van der Waals surface area (Å²) in [6.45, 7) is 9.30. The third-order valence-electron chi connectivity index (χ3n) is 5.62. The number of rotatable bonds is 1. The Morgan fingerprint density at radius 2 is 1.94 bits per heavy atom. The average molecular weight is 253 g/mol. The Balaban J connectivity index is 1.91. The number of ether oxygens (including phenoxy) is 1. The SMILES string of the molecule is CC1CSC(=NC2(C)C3CCC(C3)C2(C)C)O1. The summed E-state index contributed by atoms with van der Waals surface area (Å²) in [5.74, 6) is 2.70. The molecular formula is C14H23NOS. The van der Waals surface area contributed by atoms with Gasteiger partial charge in [0.15, 0.2) is 0 Å². The van der Waals surface area contributed by atoms with Crippen molar-refractivity contribution in [1.82, 2.24) is 0 Å². The van der Waals surface area contributed by atoms with Gasteiger partial charge in [0.2, 0.25) is 5.23 Å². The van der Waals surface area contributed by atoms with Crippen molar-refractivity contribution in [1.29, 1.82) is 0 Å². The fourth-order valence-corrected chi connectivity index (χ4v) is 4.93. The van der Waals surface area contributed by atoms with Gasteiger partial charge in [0.05, 0.1) is 5.54 Å². The molecule has 0 N–H and O–H groups in total. The van der Waals surface area contributed by atoms with Crippen LogP contribution in [-0.4, -0.2) is 22.6 Å². The number of hydrogen-bond donors (Lipinski definition) is 0. The second-order valence-electron chi connectivity index (χ2n) is 6.69. The summed E-state index contributed by atoms with van der Waals surface area (Å²) in [5.41, 5.74) is 0.432. The van der Waals surface area contributed by atoms with Crippen molar-refractivity contribution in [3.8, 4) is 0 Å². The number of fused-ring (bicyclic) bond motifs is 2. The van der Waals surface area contributed by atoms with E-state index in [2.05, 4.69) is 27.7 Å². The van der Waals surface area contributed by atoms with Crippen LogP contribution >= 0.6 is 11.8 Å². The molecule has 0 aromatic carbocycles. The van der Waals surface area contributed by atoms with Crippen LogP contribution in [0.3, 0.4) is 0 Å². The summed E-state index contributed by atoms with van der Waals surface area (Å²) in [6.07, 6.45) is 4.48. The third kappa shape index (κ3) is 1.57. The van der Waals surface area contributed by atoms with Crippen LogP contribution in [-0.2, 0) is 4.74 Å². The van der Waals surface area contributed by atoms with Gasteiger partial charge in [0.1, 0.15) is 6.10 Å². The van der Waals surface area contributed by atoms with Crippen molar-refractivity contribution in [2.24, 2.45) is 22.2 Å². The molecular weight excluding hydrogens is 230 g/mol. The summed E-state index contributed by atoms with van der Waals surface area (Å²) in [7, 11) is 0. The molecule has 0 radical (unpaired) electrons. The van der Waals surface area contributed by atoms with E-state index in [9.17, 15) is 0 Å². The fraction of sp³-hybridized carbons (Fsp3) is 0.929. The summed E-state index contributed by atoms with van der Waals surface area (Å²) < 4.78 is 5.80. The molecule has 1 aliphatic heterocycles. The summed E-state index contributed by atoms with van der Waals surface area (Å²) in [5, 5.41) is 0.945. The Kier molecular flexibility index (Phi) is 2.56. The molecule has 1 saturated heterocycles. The summed E-state index contributed by atoms with van der Waals surface area (Å²) in [4.78, 5) is 5.05. The molecule has 3 aliphatic rings. The molecule has 4 atom stereocenters. The lowest BCUT2D eigenvalue weighted by molar-refractivity contribution is 0.100. The molecule has 96 valence electrons. The van der Waals surface area contributed by atoms with Crippen molar-refractivity contribution in [2.75, 3.05) is 5.75 Å². The minimum absolute atomic E-state index is 0.0995. The summed E-state index contributed by atoms with van der Waals surface area (Å²) >= 11 is 1.79. The first-order chi connectivity index (χ1) is 7.93. The van der Waals surface area contributed by atoms with Crippen molar-refractivity contribution >= 4 is 17.0 Å². The van der Waals surface area contributed by atoms with Gasteiger partial charge in [0.25, 0.3) is 0 Å². The maximum Gasteiger partial charge on any atom is 0.246 e. The van der Waals surface area contributed by atoms with Crippen LogP contribution in [0.2, 0.25) is 0 Å². The van der Waals surface area contributed by atoms with Crippen LogP contribution in [0.1, 0.15) is 47.0 Å². The Hall–Kier alpha value is -0.180. The van der Waals surface area contributed by atoms with E-state index in [-0.39, 0.29) is 5.54 Å². The predicted octanol–water partition coefficient (Wildman–Crippen LogP) is 3.71. The Morgan fingerprint density at radius 3 is 2.47 bits per heavy atom. The predicted molar refractivity (Wildman–Crippen MR) is 73.5 cm³/mol. The highest BCUT2D eigenvalue weighted by Gasteiger charge is 2.60. The van der Waals surface area contributed by atoms with Crippen LogP contribution in [0, 0.1) is 17.3 Å². The van der Waals surface area contributed by atoms with Crippen molar-refractivity contribution in [3.05, 3.63) is 0 Å². The Labute approximate surface area is 109 Å². The molecule has 0 aromatic heterocycles. The minimum atomic E-state index is 0.0995. The zero-order chi connectivity index (χ0) is 12.3. The van der Waals surface area contributed by atoms with Gasteiger partial charge in [-0.1, -0.05) is 25.6 Å². The molecule has 3 rings (SSSR count). The van der Waals surface area contributed by atoms with Crippen LogP contribution in [0.4, 0.5) is 0 Å². The van der Waals surface area contributed by atoms with Crippen molar-refractivity contribution in [2.45, 2.75) is 58.6 Å². The van der Waals surface area contributed by atoms with E-state index in [1.165, 1.54) is 19.3 Å². The highest BCUT2D eigenvalue weighted by molar-refractivity contribution is 8.13. The fourth-order valence-electron chi connectivity index (χ4n) is 4.00. The topological polar surface area (TPSA) is 21.6 Å². The lowest BCUT2D eigenvalue weighted by atomic mass is 9.64. The zero-order valence-electron chi connectivity index (χ0n) is 11.3. The minimum Gasteiger partial charge on any atom is -0.469 e. The Morgan fingerprint density at radius 1 is 1.24 bits per heavy atom. The lowest BCUT2D eigenvalue weighted by Crippen LogP contribution is -2.45. The van der Waals surface area contributed by atoms with E-state index in [1.807, 2.05) is 0 Å². The molecule has 17 heavy (non-hydrogen) atoms. The van der Waals surface area contributed by atoms with Crippen molar-refractivity contribution < 1.29 is 4.74 Å². The van der Waals surface area contributed by atoms with Crippen LogP contribution in [0.5, 0.6) is 0 Å². The smallest absolute Gasteiger partial charge is 0.246 e. The second kappa shape index (κ2) is 3.66. The van der Waals surface area contributed by atoms with E-state index >= 15 is 0 Å². The largest absolute Gasteiger partial charge is 0.469 e. The number of thioether (sulfide) groups is 1. The molecule has 2 aliphatic carbocycles. The molecule has 2 bridgehead atoms. The molecule has 1 heterocycles. The van der Waals surface area contributed by atoms with Gasteiger partial charge in [-0.15, -0.1) is 0 Å². The first-order valence-corrected chi connectivity index (χ1v) is 7.81. The average Bonchev–Trinajstić information content (AvgIpc) is 2.88. The van der Waals surface area contributed by atoms with E-state index in [1.54, 1.807) is 11.8 Å². The maximum absolute atomic E-state index is 5.80. The van der Waals surface area contributed by atoms with Crippen molar-refractivity contribution in [3.63, 3.8) is 0 Å². The molecule has 2 nitrogen and oxygen atoms in total. The van der Waals surface area contributed by atoms with Gasteiger partial charge >= 0.3 is 0 Å². The standard InChI is InChI=1S/C14H23NOS/c1-9-8-17-12(16-9)15-14(4)11-6-5-10(7-11)13(14,2)3/h9-11H,5-8H2,1-4H3. The molecule has 3 heteroatoms. The normalized spacial score (nSPS) is 49.9. The van der Waals surface area contributed by atoms with Gasteiger partial charge in [-0.25, -0.2) is 4.99 Å². The van der Waals surface area contributed by atoms with Crippen LogP contribution in [0.15, 0.2) is 4.99 Å². The van der Waals surface area contributed by atoms with Gasteiger partial charge in [0, 0.05) is 5.75 Å². The first-order valence-electron chi connectivity index (χ1n) is 6.83. The van der Waals surface area contributed by atoms with Gasteiger partial charge in [-0.2, -0.15) is 0 Å². The number of nitrogens with zero attached hydrogens (tertiary/aromatic N) is 1. The van der Waals surface area contributed by atoms with Gasteiger partial charge < -0.3 is 4.74 Å². The first kappa shape index (κ1) is 11.9. The summed E-state index contributed by atoms with van der Waals surface area (Å²) in [6, 6.07) is 0. The van der Waals surface area contributed by atoms with Crippen LogP contribution < -0.4 is 0 Å². The van der Waals surface area contributed by atoms with Gasteiger partial charge in [-0.3, -0.25) is 0 Å². The van der Waals surface area contributed by atoms with E-state index in [0.29, 0.717) is 11.5 Å². The highest BCUT2D eigenvalue weighted by Crippen LogP contribution is 2.63. The molecule has 0 amide bonds. The molecule has 4 unspecified atom stereocenters. The second-order valence-corrected chi connectivity index (χ2v) is 7.66. The molecule has 3 fully saturated rings. The molecule has 0 spiro atoms. The highest BCUT2D eigenvalue weighted by atomic mass is 32.2. The zero-order valence-corrected chi connectivity index (χ0v) is 12.1. The van der Waals surface area contributed by atoms with E-state index < -0.39 is 0 Å². The number of aliphatic imine (C=N–C) groups is 1.